The Morgan fingerprint density at radius 3 is 2.50 bits per heavy atom. The Morgan fingerprint density at radius 2 is 1.90 bits per heavy atom. The molecular formula is C13H11NO6. The molecule has 0 saturated heterocycles. The summed E-state index contributed by atoms with van der Waals surface area (Å²) in [5.74, 6) is -1.99. The zero-order valence-electron chi connectivity index (χ0n) is 10.7. The van der Waals surface area contributed by atoms with Crippen LogP contribution in [-0.4, -0.2) is 36.4 Å². The first-order chi connectivity index (χ1) is 9.58. The van der Waals surface area contributed by atoms with Crippen molar-refractivity contribution in [2.45, 2.75) is 0 Å². The number of carbonyl (C=O) groups excluding carboxylic acids is 2. The Kier molecular flexibility index (Phi) is 3.69. The molecule has 0 saturated carbocycles. The van der Waals surface area contributed by atoms with Gasteiger partial charge in [-0.2, -0.15) is 0 Å². The SMILES string of the molecule is COC(=O)c1onc(-c2cccc(O)c2)c1C(=O)OC. The van der Waals surface area contributed by atoms with E-state index in [1.165, 1.54) is 19.2 Å². The second kappa shape index (κ2) is 5.43. The van der Waals surface area contributed by atoms with Crippen molar-refractivity contribution in [1.82, 2.24) is 5.16 Å². The Hall–Kier alpha value is -2.83. The number of aromatic nitrogens is 1. The lowest BCUT2D eigenvalue weighted by Crippen LogP contribution is -2.10. The quantitative estimate of drug-likeness (QED) is 0.851. The normalized spacial score (nSPS) is 10.1. The number of methoxy groups -OCH3 is 2. The number of aromatic hydroxyl groups is 1. The van der Waals surface area contributed by atoms with Crippen LogP contribution in [0.5, 0.6) is 5.75 Å². The molecule has 20 heavy (non-hydrogen) atoms. The average molecular weight is 277 g/mol. The molecular weight excluding hydrogens is 266 g/mol. The largest absolute Gasteiger partial charge is 0.508 e. The minimum absolute atomic E-state index is 0.0130. The molecule has 1 N–H and O–H groups in total. The molecule has 1 aromatic carbocycles. The van der Waals surface area contributed by atoms with Gasteiger partial charge in [0.25, 0.3) is 5.76 Å². The van der Waals surface area contributed by atoms with Gasteiger partial charge in [-0.3, -0.25) is 0 Å². The Morgan fingerprint density at radius 1 is 1.20 bits per heavy atom. The number of benzene rings is 1. The summed E-state index contributed by atoms with van der Waals surface area (Å²) in [7, 11) is 2.32. The van der Waals surface area contributed by atoms with Crippen molar-refractivity contribution < 1.29 is 28.7 Å². The predicted octanol–water partition coefficient (Wildman–Crippen LogP) is 1.62. The average Bonchev–Trinajstić information content (AvgIpc) is 2.90. The second-order valence-corrected chi connectivity index (χ2v) is 3.77. The summed E-state index contributed by atoms with van der Waals surface area (Å²) in [5.41, 5.74) is 0.349. The highest BCUT2D eigenvalue weighted by molar-refractivity contribution is 6.05. The van der Waals surface area contributed by atoms with Gasteiger partial charge >= 0.3 is 11.9 Å². The van der Waals surface area contributed by atoms with Gasteiger partial charge in [0.1, 0.15) is 17.0 Å². The van der Waals surface area contributed by atoms with Crippen LogP contribution in [0.4, 0.5) is 0 Å². The highest BCUT2D eigenvalue weighted by Crippen LogP contribution is 2.28. The highest BCUT2D eigenvalue weighted by atomic mass is 16.6. The first-order valence-corrected chi connectivity index (χ1v) is 5.54. The van der Waals surface area contributed by atoms with E-state index in [4.69, 9.17) is 4.52 Å². The topological polar surface area (TPSA) is 98.9 Å². The fraction of sp³-hybridized carbons (Fsp3) is 0.154. The molecule has 0 fully saturated rings. The van der Waals surface area contributed by atoms with E-state index in [-0.39, 0.29) is 22.8 Å². The van der Waals surface area contributed by atoms with Crippen LogP contribution in [0.3, 0.4) is 0 Å². The molecule has 2 aromatic rings. The molecule has 0 radical (unpaired) electrons. The van der Waals surface area contributed by atoms with Gasteiger partial charge in [0.15, 0.2) is 0 Å². The number of carbonyl (C=O) groups is 2. The smallest absolute Gasteiger partial charge is 0.377 e. The molecule has 0 unspecified atom stereocenters. The van der Waals surface area contributed by atoms with Gasteiger partial charge in [0.2, 0.25) is 0 Å². The Bertz CT molecular complexity index is 661. The van der Waals surface area contributed by atoms with Gasteiger partial charge in [-0.1, -0.05) is 17.3 Å². The van der Waals surface area contributed by atoms with Crippen LogP contribution in [0.2, 0.25) is 0 Å². The molecule has 0 aliphatic rings. The molecule has 1 heterocycles. The van der Waals surface area contributed by atoms with Crippen LogP contribution < -0.4 is 0 Å². The van der Waals surface area contributed by atoms with E-state index in [1.807, 2.05) is 0 Å². The van der Waals surface area contributed by atoms with Crippen LogP contribution >= 0.6 is 0 Å². The van der Waals surface area contributed by atoms with Crippen molar-refractivity contribution in [2.75, 3.05) is 14.2 Å². The fourth-order valence-corrected chi connectivity index (χ4v) is 1.66. The number of rotatable bonds is 3. The Labute approximate surface area is 113 Å². The number of hydrogen-bond acceptors (Lipinski definition) is 7. The first kappa shape index (κ1) is 13.6. The number of esters is 2. The van der Waals surface area contributed by atoms with E-state index in [0.717, 1.165) is 7.11 Å². The molecule has 0 aliphatic carbocycles. The summed E-state index contributed by atoms with van der Waals surface area (Å²) >= 11 is 0. The van der Waals surface area contributed by atoms with Crippen LogP contribution in [0, 0.1) is 0 Å². The third kappa shape index (κ3) is 2.33. The van der Waals surface area contributed by atoms with Crippen LogP contribution in [0.15, 0.2) is 28.8 Å². The maximum absolute atomic E-state index is 11.8. The van der Waals surface area contributed by atoms with E-state index in [0.29, 0.717) is 5.56 Å². The lowest BCUT2D eigenvalue weighted by molar-refractivity contribution is 0.0521. The van der Waals surface area contributed by atoms with Gasteiger partial charge in [0.05, 0.1) is 14.2 Å². The minimum Gasteiger partial charge on any atom is -0.508 e. The maximum atomic E-state index is 11.8. The summed E-state index contributed by atoms with van der Waals surface area (Å²) in [4.78, 5) is 23.4. The number of phenols is 1. The monoisotopic (exact) mass is 277 g/mol. The van der Waals surface area contributed by atoms with Gasteiger partial charge in [-0.05, 0) is 12.1 Å². The van der Waals surface area contributed by atoms with Crippen LogP contribution in [0.25, 0.3) is 11.3 Å². The molecule has 0 bridgehead atoms. The van der Waals surface area contributed by atoms with Gasteiger partial charge in [-0.25, -0.2) is 9.59 Å². The van der Waals surface area contributed by atoms with E-state index in [2.05, 4.69) is 14.6 Å². The number of phenolic OH excluding ortho intramolecular Hbond substituents is 1. The zero-order valence-corrected chi connectivity index (χ0v) is 10.7. The molecule has 0 amide bonds. The summed E-state index contributed by atoms with van der Waals surface area (Å²) in [6.07, 6.45) is 0. The lowest BCUT2D eigenvalue weighted by Gasteiger charge is -2.02. The molecule has 7 heteroatoms. The molecule has 0 spiro atoms. The van der Waals surface area contributed by atoms with E-state index in [9.17, 15) is 14.7 Å². The van der Waals surface area contributed by atoms with Crippen LogP contribution in [0.1, 0.15) is 20.9 Å². The van der Waals surface area contributed by atoms with Crippen molar-refractivity contribution in [3.63, 3.8) is 0 Å². The highest BCUT2D eigenvalue weighted by Gasteiger charge is 2.29. The van der Waals surface area contributed by atoms with Crippen molar-refractivity contribution >= 4 is 11.9 Å². The van der Waals surface area contributed by atoms with Gasteiger partial charge in [-0.15, -0.1) is 0 Å². The summed E-state index contributed by atoms with van der Waals surface area (Å²) in [6.45, 7) is 0. The molecule has 0 aliphatic heterocycles. The number of nitrogens with zero attached hydrogens (tertiary/aromatic N) is 1. The van der Waals surface area contributed by atoms with Crippen LogP contribution in [-0.2, 0) is 9.47 Å². The molecule has 1 aromatic heterocycles. The number of ether oxygens (including phenoxy) is 2. The third-order valence-electron chi connectivity index (χ3n) is 2.57. The van der Waals surface area contributed by atoms with Gasteiger partial charge in [0, 0.05) is 5.56 Å². The third-order valence-corrected chi connectivity index (χ3v) is 2.57. The lowest BCUT2D eigenvalue weighted by atomic mass is 10.1. The minimum atomic E-state index is -0.843. The standard InChI is InChI=1S/C13H11NO6/c1-18-12(16)9-10(7-4-3-5-8(15)6-7)14-20-11(9)13(17)19-2/h3-6,15H,1-2H3. The first-order valence-electron chi connectivity index (χ1n) is 5.54. The molecule has 2 rings (SSSR count). The molecule has 0 atom stereocenters. The van der Waals surface area contributed by atoms with Crippen molar-refractivity contribution in [1.29, 1.82) is 0 Å². The van der Waals surface area contributed by atoms with E-state index >= 15 is 0 Å². The maximum Gasteiger partial charge on any atom is 0.377 e. The van der Waals surface area contributed by atoms with E-state index < -0.39 is 11.9 Å². The van der Waals surface area contributed by atoms with Crippen molar-refractivity contribution in [3.8, 4) is 17.0 Å². The molecule has 104 valence electrons. The van der Waals surface area contributed by atoms with E-state index in [1.54, 1.807) is 12.1 Å². The number of hydrogen-bond donors (Lipinski definition) is 1. The summed E-state index contributed by atoms with van der Waals surface area (Å²) in [6, 6.07) is 6.01. The van der Waals surface area contributed by atoms with Crippen molar-refractivity contribution in [2.24, 2.45) is 0 Å². The summed E-state index contributed by atoms with van der Waals surface area (Å²) in [5, 5.41) is 13.1. The predicted molar refractivity (Wildman–Crippen MR) is 66.3 cm³/mol. The molecule has 7 nitrogen and oxygen atoms in total. The Balaban J connectivity index is 2.62. The zero-order chi connectivity index (χ0) is 14.7. The summed E-state index contributed by atoms with van der Waals surface area (Å²) < 4.78 is 14.0. The van der Waals surface area contributed by atoms with Gasteiger partial charge < -0.3 is 19.1 Å². The fourth-order valence-electron chi connectivity index (χ4n) is 1.66. The van der Waals surface area contributed by atoms with Crippen molar-refractivity contribution in [3.05, 3.63) is 35.6 Å². The second-order valence-electron chi connectivity index (χ2n) is 3.77.